The molecule has 0 saturated carbocycles. The summed E-state index contributed by atoms with van der Waals surface area (Å²) in [5.41, 5.74) is 6.86. The molecule has 0 aliphatic carbocycles. The largest absolute Gasteiger partial charge is 0.379 e. The summed E-state index contributed by atoms with van der Waals surface area (Å²) in [5, 5.41) is 17.7. The Labute approximate surface area is 98.7 Å². The molecule has 0 atom stereocenters. The molecule has 0 saturated heterocycles. The summed E-state index contributed by atoms with van der Waals surface area (Å²) in [4.78, 5) is 17.2. The number of fused-ring (bicyclic) bond motifs is 1. The number of H-pyrrole nitrogens is 1. The highest BCUT2D eigenvalue weighted by Gasteiger charge is 2.15. The van der Waals surface area contributed by atoms with Gasteiger partial charge < -0.3 is 10.7 Å². The number of non-ortho nitro benzene ring substituents is 1. The van der Waals surface area contributed by atoms with E-state index in [9.17, 15) is 10.1 Å². The molecule has 0 bridgehead atoms. The first-order valence-corrected chi connectivity index (χ1v) is 4.88. The summed E-state index contributed by atoms with van der Waals surface area (Å²) in [6, 6.07) is 4.31. The van der Waals surface area contributed by atoms with Crippen LogP contribution in [0.1, 0.15) is 0 Å². The second-order valence-corrected chi connectivity index (χ2v) is 3.54. The van der Waals surface area contributed by atoms with Gasteiger partial charge in [0.1, 0.15) is 0 Å². The molecule has 0 spiro atoms. The van der Waals surface area contributed by atoms with Crippen molar-refractivity contribution in [1.29, 1.82) is 0 Å². The molecular formula is C9H6N6O3. The highest BCUT2D eigenvalue weighted by atomic mass is 16.6. The van der Waals surface area contributed by atoms with E-state index in [1.54, 1.807) is 6.07 Å². The molecule has 0 aliphatic rings. The maximum atomic E-state index is 10.6. The van der Waals surface area contributed by atoms with Crippen LogP contribution in [0, 0.1) is 10.1 Å². The number of benzene rings is 1. The average Bonchev–Trinajstić information content (AvgIpc) is 2.92. The Morgan fingerprint density at radius 2 is 2.22 bits per heavy atom. The van der Waals surface area contributed by atoms with Gasteiger partial charge in [-0.05, 0) is 16.4 Å². The van der Waals surface area contributed by atoms with E-state index in [1.807, 2.05) is 0 Å². The van der Waals surface area contributed by atoms with Crippen LogP contribution in [0.5, 0.6) is 0 Å². The minimum Gasteiger partial charge on any atom is -0.379 e. The summed E-state index contributed by atoms with van der Waals surface area (Å²) in [6.45, 7) is 0. The molecule has 18 heavy (non-hydrogen) atoms. The second kappa shape index (κ2) is 3.52. The van der Waals surface area contributed by atoms with Gasteiger partial charge in [0.2, 0.25) is 0 Å². The van der Waals surface area contributed by atoms with Crippen molar-refractivity contribution in [3.05, 3.63) is 28.3 Å². The fourth-order valence-corrected chi connectivity index (χ4v) is 1.58. The number of imidazole rings is 1. The first kappa shape index (κ1) is 10.2. The minimum absolute atomic E-state index is 0.0354. The van der Waals surface area contributed by atoms with Crippen LogP contribution in [0.15, 0.2) is 22.8 Å². The van der Waals surface area contributed by atoms with Crippen molar-refractivity contribution in [3.63, 3.8) is 0 Å². The lowest BCUT2D eigenvalue weighted by molar-refractivity contribution is -0.384. The summed E-state index contributed by atoms with van der Waals surface area (Å²) in [7, 11) is 0. The van der Waals surface area contributed by atoms with Crippen LogP contribution in [0.4, 0.5) is 11.5 Å². The van der Waals surface area contributed by atoms with Crippen LogP contribution in [0.3, 0.4) is 0 Å². The third kappa shape index (κ3) is 1.45. The number of aromatic amines is 1. The molecule has 0 amide bonds. The quantitative estimate of drug-likeness (QED) is 0.510. The summed E-state index contributed by atoms with van der Waals surface area (Å²) < 4.78 is 4.46. The molecule has 1 aromatic carbocycles. The maximum absolute atomic E-state index is 10.6. The number of nitrogens with two attached hydrogens (primary N) is 1. The molecule has 0 aliphatic heterocycles. The monoisotopic (exact) mass is 246 g/mol. The molecule has 3 rings (SSSR count). The third-order valence-corrected chi connectivity index (χ3v) is 2.42. The number of aromatic nitrogens is 4. The van der Waals surface area contributed by atoms with Gasteiger partial charge in [-0.3, -0.25) is 10.1 Å². The Kier molecular flexibility index (Phi) is 1.99. The minimum atomic E-state index is -0.486. The van der Waals surface area contributed by atoms with Gasteiger partial charge >= 0.3 is 0 Å². The van der Waals surface area contributed by atoms with Crippen molar-refractivity contribution in [2.75, 3.05) is 5.73 Å². The molecule has 3 N–H and O–H groups in total. The molecular weight excluding hydrogens is 240 g/mol. The Morgan fingerprint density at radius 1 is 1.39 bits per heavy atom. The summed E-state index contributed by atoms with van der Waals surface area (Å²) in [5.74, 6) is 0.452. The fourth-order valence-electron chi connectivity index (χ4n) is 1.58. The van der Waals surface area contributed by atoms with E-state index in [0.29, 0.717) is 16.9 Å². The Balaban J connectivity index is 2.17. The van der Waals surface area contributed by atoms with Gasteiger partial charge in [-0.1, -0.05) is 0 Å². The number of nitro benzene ring substituents is 1. The van der Waals surface area contributed by atoms with Crippen LogP contribution < -0.4 is 5.73 Å². The zero-order chi connectivity index (χ0) is 12.7. The van der Waals surface area contributed by atoms with E-state index in [1.165, 1.54) is 12.1 Å². The number of nitrogens with zero attached hydrogens (tertiary/aromatic N) is 4. The van der Waals surface area contributed by atoms with Gasteiger partial charge in [0, 0.05) is 12.1 Å². The average molecular weight is 246 g/mol. The lowest BCUT2D eigenvalue weighted by Gasteiger charge is -1.89. The van der Waals surface area contributed by atoms with Crippen molar-refractivity contribution >= 4 is 22.5 Å². The Hall–Kier alpha value is -2.97. The highest BCUT2D eigenvalue weighted by molar-refractivity contribution is 5.82. The van der Waals surface area contributed by atoms with E-state index >= 15 is 0 Å². The summed E-state index contributed by atoms with van der Waals surface area (Å²) >= 11 is 0. The zero-order valence-corrected chi connectivity index (χ0v) is 8.82. The van der Waals surface area contributed by atoms with Crippen LogP contribution in [0.25, 0.3) is 22.6 Å². The first-order chi connectivity index (χ1) is 8.65. The summed E-state index contributed by atoms with van der Waals surface area (Å²) in [6.07, 6.45) is 0. The van der Waals surface area contributed by atoms with Gasteiger partial charge in [-0.2, -0.15) is 0 Å². The zero-order valence-electron chi connectivity index (χ0n) is 8.82. The smallest absolute Gasteiger partial charge is 0.271 e. The standard InChI is InChI=1S/C9H6N6O3/c10-8-7(13-18-14-8)9-11-5-2-1-4(15(16)17)3-6(5)12-9/h1-3H,(H2,10,14)(H,11,12). The molecule has 2 heterocycles. The van der Waals surface area contributed by atoms with Crippen molar-refractivity contribution in [2.45, 2.75) is 0 Å². The first-order valence-electron chi connectivity index (χ1n) is 4.88. The third-order valence-electron chi connectivity index (χ3n) is 2.42. The van der Waals surface area contributed by atoms with Crippen LogP contribution in [-0.4, -0.2) is 25.2 Å². The molecule has 0 unspecified atom stereocenters. The fraction of sp³-hybridized carbons (Fsp3) is 0. The molecule has 90 valence electrons. The van der Waals surface area contributed by atoms with Crippen molar-refractivity contribution in [1.82, 2.24) is 20.3 Å². The second-order valence-electron chi connectivity index (χ2n) is 3.54. The van der Waals surface area contributed by atoms with Gasteiger partial charge in [-0.25, -0.2) is 9.61 Å². The van der Waals surface area contributed by atoms with Crippen LogP contribution in [-0.2, 0) is 0 Å². The van der Waals surface area contributed by atoms with E-state index < -0.39 is 4.92 Å². The number of nitro groups is 1. The van der Waals surface area contributed by atoms with Crippen molar-refractivity contribution in [2.24, 2.45) is 0 Å². The maximum Gasteiger partial charge on any atom is 0.271 e. The predicted octanol–water partition coefficient (Wildman–Crippen LogP) is 1.10. The van der Waals surface area contributed by atoms with Crippen LogP contribution in [0.2, 0.25) is 0 Å². The van der Waals surface area contributed by atoms with Gasteiger partial charge in [0.05, 0.1) is 16.0 Å². The number of hydrogen-bond donors (Lipinski definition) is 2. The van der Waals surface area contributed by atoms with E-state index in [2.05, 4.69) is 24.9 Å². The lowest BCUT2D eigenvalue weighted by atomic mass is 10.3. The molecule has 2 aromatic heterocycles. The SMILES string of the molecule is Nc1nonc1-c1nc2cc([N+](=O)[O-])ccc2[nH]1. The van der Waals surface area contributed by atoms with E-state index in [4.69, 9.17) is 5.73 Å². The van der Waals surface area contributed by atoms with Gasteiger partial charge in [-0.15, -0.1) is 0 Å². The van der Waals surface area contributed by atoms with Crippen LogP contribution >= 0.6 is 0 Å². The molecule has 9 heteroatoms. The Bertz CT molecular complexity index is 746. The molecule has 9 nitrogen and oxygen atoms in total. The van der Waals surface area contributed by atoms with Crippen molar-refractivity contribution < 1.29 is 9.55 Å². The van der Waals surface area contributed by atoms with Gasteiger partial charge in [0.25, 0.3) is 5.69 Å². The predicted molar refractivity (Wildman–Crippen MR) is 60.5 cm³/mol. The number of rotatable bonds is 2. The molecule has 0 radical (unpaired) electrons. The van der Waals surface area contributed by atoms with E-state index in [-0.39, 0.29) is 17.2 Å². The molecule has 0 fully saturated rings. The topological polar surface area (TPSA) is 137 Å². The lowest BCUT2D eigenvalue weighted by Crippen LogP contribution is -1.89. The number of nitrogens with one attached hydrogen (secondary N) is 1. The van der Waals surface area contributed by atoms with Gasteiger partial charge in [0.15, 0.2) is 17.3 Å². The van der Waals surface area contributed by atoms with E-state index in [0.717, 1.165) is 0 Å². The normalized spacial score (nSPS) is 10.9. The number of hydrogen-bond acceptors (Lipinski definition) is 7. The Morgan fingerprint density at radius 3 is 2.89 bits per heavy atom. The van der Waals surface area contributed by atoms with Crippen molar-refractivity contribution in [3.8, 4) is 11.5 Å². The number of nitrogen functional groups attached to an aromatic ring is 1. The highest BCUT2D eigenvalue weighted by Crippen LogP contribution is 2.24. The molecule has 3 aromatic rings. The number of anilines is 1.